The fourth-order valence-electron chi connectivity index (χ4n) is 2.92. The maximum absolute atomic E-state index is 12.1. The lowest BCUT2D eigenvalue weighted by Gasteiger charge is -2.29. The lowest BCUT2D eigenvalue weighted by Crippen LogP contribution is -2.42. The van der Waals surface area contributed by atoms with Crippen LogP contribution in [-0.2, 0) is 21.2 Å². The summed E-state index contributed by atoms with van der Waals surface area (Å²) in [6, 6.07) is 7.74. The van der Waals surface area contributed by atoms with Crippen molar-refractivity contribution < 1.29 is 17.9 Å². The maximum Gasteiger partial charge on any atom is 0.223 e. The number of rotatable bonds is 7. The molecule has 0 radical (unpaired) electrons. The zero-order chi connectivity index (χ0) is 19.7. The lowest BCUT2D eigenvalue weighted by atomic mass is 9.97. The molecular weight excluding hydrogens is 364 g/mol. The molecule has 2 rings (SSSR count). The van der Waals surface area contributed by atoms with Gasteiger partial charge < -0.3 is 10.1 Å². The molecule has 1 amide bonds. The smallest absolute Gasteiger partial charge is 0.223 e. The van der Waals surface area contributed by atoms with E-state index < -0.39 is 10.0 Å². The molecular formula is C20H26N2O4S. The summed E-state index contributed by atoms with van der Waals surface area (Å²) in [5, 5.41) is 2.79. The number of ether oxygens (including phenoxy) is 1. The fourth-order valence-corrected chi connectivity index (χ4v) is 3.80. The third-order valence-corrected chi connectivity index (χ3v) is 5.71. The minimum Gasteiger partial charge on any atom is -0.481 e. The topological polar surface area (TPSA) is 75.7 Å². The van der Waals surface area contributed by atoms with Crippen LogP contribution in [0.4, 0.5) is 0 Å². The van der Waals surface area contributed by atoms with Gasteiger partial charge in [-0.25, -0.2) is 12.7 Å². The first-order valence-electron chi connectivity index (χ1n) is 8.92. The standard InChI is InChI=1S/C20H26N2O4S/c1-3-8-17-9-4-5-10-19(17)26-16-7-6-13-21-20(23)18-11-14-22(15-12-18)27(2,24)25/h3-5,9-10,18H,1,8,11-16H2,2H3,(H,21,23). The number of piperidine rings is 1. The molecule has 1 N–H and O–H groups in total. The molecule has 27 heavy (non-hydrogen) atoms. The van der Waals surface area contributed by atoms with E-state index in [1.165, 1.54) is 10.6 Å². The van der Waals surface area contributed by atoms with Crippen LogP contribution >= 0.6 is 0 Å². The van der Waals surface area contributed by atoms with Crippen molar-refractivity contribution in [3.8, 4) is 17.6 Å². The third kappa shape index (κ3) is 6.74. The molecule has 1 saturated heterocycles. The summed E-state index contributed by atoms with van der Waals surface area (Å²) in [4.78, 5) is 12.1. The molecule has 0 aromatic heterocycles. The number of hydrogen-bond donors (Lipinski definition) is 1. The highest BCUT2D eigenvalue weighted by Gasteiger charge is 2.28. The highest BCUT2D eigenvalue weighted by molar-refractivity contribution is 7.88. The van der Waals surface area contributed by atoms with Gasteiger partial charge in [0.1, 0.15) is 12.4 Å². The average Bonchev–Trinajstić information content (AvgIpc) is 2.65. The maximum atomic E-state index is 12.1. The summed E-state index contributed by atoms with van der Waals surface area (Å²) in [7, 11) is -3.17. The Morgan fingerprint density at radius 3 is 2.70 bits per heavy atom. The minimum absolute atomic E-state index is 0.0744. The molecule has 146 valence electrons. The zero-order valence-corrected chi connectivity index (χ0v) is 16.4. The number of allylic oxidation sites excluding steroid dienone is 1. The van der Waals surface area contributed by atoms with Crippen molar-refractivity contribution in [3.63, 3.8) is 0 Å². The van der Waals surface area contributed by atoms with Gasteiger partial charge in [-0.05, 0) is 30.9 Å². The van der Waals surface area contributed by atoms with Crippen molar-refractivity contribution in [1.29, 1.82) is 0 Å². The van der Waals surface area contributed by atoms with E-state index in [1.54, 1.807) is 0 Å². The Hall–Kier alpha value is -2.30. The first-order valence-corrected chi connectivity index (χ1v) is 10.8. The Labute approximate surface area is 161 Å². The summed E-state index contributed by atoms with van der Waals surface area (Å²) in [5.41, 5.74) is 1.06. The second-order valence-corrected chi connectivity index (χ2v) is 8.38. The third-order valence-electron chi connectivity index (χ3n) is 4.41. The highest BCUT2D eigenvalue weighted by atomic mass is 32.2. The van der Waals surface area contributed by atoms with Crippen LogP contribution < -0.4 is 10.1 Å². The quantitative estimate of drug-likeness (QED) is 0.567. The zero-order valence-electron chi connectivity index (χ0n) is 15.6. The van der Waals surface area contributed by atoms with Crippen molar-refractivity contribution in [2.24, 2.45) is 5.92 Å². The summed E-state index contributed by atoms with van der Waals surface area (Å²) in [6.45, 7) is 5.01. The Bertz CT molecular complexity index is 816. The molecule has 1 aliphatic heterocycles. The number of sulfonamides is 1. The van der Waals surface area contributed by atoms with Gasteiger partial charge in [0.25, 0.3) is 0 Å². The van der Waals surface area contributed by atoms with Gasteiger partial charge in [0.15, 0.2) is 0 Å². The highest BCUT2D eigenvalue weighted by Crippen LogP contribution is 2.19. The second kappa shape index (κ2) is 10.1. The molecule has 1 fully saturated rings. The Kier molecular flexibility index (Phi) is 7.89. The van der Waals surface area contributed by atoms with E-state index in [0.717, 1.165) is 17.7 Å². The van der Waals surface area contributed by atoms with E-state index in [-0.39, 0.29) is 25.0 Å². The van der Waals surface area contributed by atoms with Gasteiger partial charge in [0.2, 0.25) is 15.9 Å². The largest absolute Gasteiger partial charge is 0.481 e. The summed E-state index contributed by atoms with van der Waals surface area (Å²) >= 11 is 0. The number of amides is 1. The number of carbonyl (C=O) groups is 1. The number of nitrogens with zero attached hydrogens (tertiary/aromatic N) is 1. The SMILES string of the molecule is C=CCc1ccccc1OCC#CCNC(=O)C1CCN(S(C)(=O)=O)CC1. The average molecular weight is 391 g/mol. The Balaban J connectivity index is 1.70. The van der Waals surface area contributed by atoms with Crippen molar-refractivity contribution >= 4 is 15.9 Å². The van der Waals surface area contributed by atoms with E-state index in [1.807, 2.05) is 30.3 Å². The molecule has 0 aliphatic carbocycles. The van der Waals surface area contributed by atoms with Gasteiger partial charge in [0.05, 0.1) is 12.8 Å². The van der Waals surface area contributed by atoms with Crippen molar-refractivity contribution in [1.82, 2.24) is 9.62 Å². The molecule has 6 nitrogen and oxygen atoms in total. The van der Waals surface area contributed by atoms with E-state index in [4.69, 9.17) is 4.74 Å². The molecule has 1 aromatic carbocycles. The van der Waals surface area contributed by atoms with Gasteiger partial charge >= 0.3 is 0 Å². The van der Waals surface area contributed by atoms with Crippen LogP contribution in [0.1, 0.15) is 18.4 Å². The van der Waals surface area contributed by atoms with Crippen LogP contribution in [0.5, 0.6) is 5.75 Å². The fraction of sp³-hybridized carbons (Fsp3) is 0.450. The number of benzene rings is 1. The van der Waals surface area contributed by atoms with Crippen molar-refractivity contribution in [2.75, 3.05) is 32.5 Å². The molecule has 0 saturated carbocycles. The monoisotopic (exact) mass is 390 g/mol. The van der Waals surface area contributed by atoms with Gasteiger partial charge in [-0.2, -0.15) is 0 Å². The summed E-state index contributed by atoms with van der Waals surface area (Å²) in [5.74, 6) is 6.32. The predicted molar refractivity (Wildman–Crippen MR) is 106 cm³/mol. The summed E-state index contributed by atoms with van der Waals surface area (Å²) < 4.78 is 30.0. The number of carbonyl (C=O) groups excluding carboxylic acids is 1. The molecule has 0 atom stereocenters. The molecule has 0 bridgehead atoms. The van der Waals surface area contributed by atoms with Gasteiger partial charge in [-0.3, -0.25) is 4.79 Å². The number of nitrogens with one attached hydrogen (secondary N) is 1. The normalized spacial score (nSPS) is 15.4. The molecule has 1 aliphatic rings. The molecule has 1 aromatic rings. The minimum atomic E-state index is -3.17. The lowest BCUT2D eigenvalue weighted by molar-refractivity contribution is -0.125. The molecule has 1 heterocycles. The predicted octanol–water partition coefficient (Wildman–Crippen LogP) is 1.59. The van der Waals surface area contributed by atoms with E-state index in [0.29, 0.717) is 25.9 Å². The van der Waals surface area contributed by atoms with Crippen LogP contribution in [0, 0.1) is 17.8 Å². The summed E-state index contributed by atoms with van der Waals surface area (Å²) in [6.07, 6.45) is 4.83. The van der Waals surface area contributed by atoms with Gasteiger partial charge in [-0.1, -0.05) is 36.1 Å². The Morgan fingerprint density at radius 1 is 1.33 bits per heavy atom. The van der Waals surface area contributed by atoms with Crippen LogP contribution in [0.25, 0.3) is 0 Å². The molecule has 0 spiro atoms. The van der Waals surface area contributed by atoms with E-state index >= 15 is 0 Å². The van der Waals surface area contributed by atoms with Crippen LogP contribution in [0.15, 0.2) is 36.9 Å². The van der Waals surface area contributed by atoms with E-state index in [2.05, 4.69) is 23.7 Å². The number of para-hydroxylation sites is 1. The van der Waals surface area contributed by atoms with Crippen LogP contribution in [0.3, 0.4) is 0 Å². The molecule has 0 unspecified atom stereocenters. The first kappa shape index (κ1) is 21.0. The van der Waals surface area contributed by atoms with Crippen molar-refractivity contribution in [2.45, 2.75) is 19.3 Å². The first-order chi connectivity index (χ1) is 12.9. The van der Waals surface area contributed by atoms with E-state index in [9.17, 15) is 13.2 Å². The second-order valence-electron chi connectivity index (χ2n) is 6.40. The molecule has 7 heteroatoms. The number of hydrogen-bond acceptors (Lipinski definition) is 4. The van der Waals surface area contributed by atoms with Crippen LogP contribution in [-0.4, -0.2) is 51.1 Å². The van der Waals surface area contributed by atoms with Gasteiger partial charge in [-0.15, -0.1) is 6.58 Å². The van der Waals surface area contributed by atoms with Gasteiger partial charge in [0, 0.05) is 19.0 Å². The Morgan fingerprint density at radius 2 is 2.04 bits per heavy atom. The van der Waals surface area contributed by atoms with Crippen molar-refractivity contribution in [3.05, 3.63) is 42.5 Å². The van der Waals surface area contributed by atoms with Crippen LogP contribution in [0.2, 0.25) is 0 Å².